The molecule has 0 radical (unpaired) electrons. The zero-order valence-electron chi connectivity index (χ0n) is 19.3. The van der Waals surface area contributed by atoms with Crippen LogP contribution in [0.25, 0.3) is 10.9 Å². The van der Waals surface area contributed by atoms with Gasteiger partial charge in [0.25, 0.3) is 0 Å². The maximum absolute atomic E-state index is 12.3. The number of nitrogens with one attached hydrogen (secondary N) is 2. The molecule has 3 N–H and O–H groups in total. The summed E-state index contributed by atoms with van der Waals surface area (Å²) in [6.45, 7) is 10.7. The number of nitrogens with zero attached hydrogens (tertiary/aromatic N) is 2. The summed E-state index contributed by atoms with van der Waals surface area (Å²) < 4.78 is 5.42. The van der Waals surface area contributed by atoms with E-state index >= 15 is 0 Å². The predicted molar refractivity (Wildman–Crippen MR) is 122 cm³/mol. The highest BCUT2D eigenvalue weighted by Gasteiger charge is 2.34. The molecular weight excluding hydrogens is 412 g/mol. The van der Waals surface area contributed by atoms with Crippen LogP contribution in [0.3, 0.4) is 0 Å². The van der Waals surface area contributed by atoms with Gasteiger partial charge in [0.15, 0.2) is 0 Å². The molecule has 0 spiro atoms. The molecule has 1 aliphatic heterocycles. The number of aromatic nitrogens is 1. The first-order chi connectivity index (χ1) is 15.0. The normalized spacial score (nSPS) is 16.2. The van der Waals surface area contributed by atoms with Gasteiger partial charge in [-0.3, -0.25) is 14.5 Å². The summed E-state index contributed by atoms with van der Waals surface area (Å²) >= 11 is 0. The van der Waals surface area contributed by atoms with E-state index in [0.717, 1.165) is 10.9 Å². The maximum atomic E-state index is 12.3. The van der Waals surface area contributed by atoms with Crippen LogP contribution in [0.15, 0.2) is 24.4 Å². The van der Waals surface area contributed by atoms with Crippen molar-refractivity contribution in [1.82, 2.24) is 14.8 Å². The maximum Gasteiger partial charge on any atom is 0.410 e. The molecule has 1 saturated heterocycles. The third-order valence-electron chi connectivity index (χ3n) is 5.37. The molecule has 174 valence electrons. The van der Waals surface area contributed by atoms with E-state index in [1.54, 1.807) is 23.2 Å². The van der Waals surface area contributed by atoms with Crippen LogP contribution in [0.1, 0.15) is 46.2 Å². The molecule has 1 atom stereocenters. The fraction of sp³-hybridized carbons (Fsp3) is 0.522. The van der Waals surface area contributed by atoms with E-state index < -0.39 is 17.6 Å². The van der Waals surface area contributed by atoms with E-state index in [9.17, 15) is 19.5 Å². The highest BCUT2D eigenvalue weighted by Crippen LogP contribution is 2.31. The van der Waals surface area contributed by atoms with Crippen LogP contribution in [0.2, 0.25) is 0 Å². The number of carbonyl (C=O) groups excluding carboxylic acids is 2. The number of ether oxygens (including phenoxy) is 1. The molecule has 32 heavy (non-hydrogen) atoms. The molecule has 1 aromatic carbocycles. The van der Waals surface area contributed by atoms with Gasteiger partial charge >= 0.3 is 12.1 Å². The number of rotatable bonds is 5. The van der Waals surface area contributed by atoms with Crippen LogP contribution < -0.4 is 5.32 Å². The van der Waals surface area contributed by atoms with Crippen LogP contribution in [0.4, 0.5) is 10.5 Å². The van der Waals surface area contributed by atoms with Gasteiger partial charge in [0.1, 0.15) is 11.6 Å². The number of piperazine rings is 1. The van der Waals surface area contributed by atoms with E-state index in [0.29, 0.717) is 37.4 Å². The van der Waals surface area contributed by atoms with E-state index in [4.69, 9.17) is 4.74 Å². The van der Waals surface area contributed by atoms with Crippen LogP contribution in [-0.2, 0) is 14.3 Å². The topological polar surface area (TPSA) is 115 Å². The Morgan fingerprint density at radius 3 is 2.34 bits per heavy atom. The highest BCUT2D eigenvalue weighted by molar-refractivity contribution is 5.96. The lowest BCUT2D eigenvalue weighted by molar-refractivity contribution is -0.144. The Morgan fingerprint density at radius 1 is 1.12 bits per heavy atom. The van der Waals surface area contributed by atoms with Gasteiger partial charge < -0.3 is 25.0 Å². The zero-order valence-corrected chi connectivity index (χ0v) is 19.3. The summed E-state index contributed by atoms with van der Waals surface area (Å²) in [5.41, 5.74) is 1.46. The minimum Gasteiger partial charge on any atom is -0.480 e. The predicted octanol–water partition coefficient (Wildman–Crippen LogP) is 3.44. The van der Waals surface area contributed by atoms with Crippen LogP contribution in [0, 0.1) is 5.92 Å². The molecule has 2 amide bonds. The summed E-state index contributed by atoms with van der Waals surface area (Å²) in [7, 11) is 0. The number of carboxylic acid groups (broad SMARTS) is 1. The summed E-state index contributed by atoms with van der Waals surface area (Å²) in [6, 6.07) is 4.54. The standard InChI is InChI=1S/C23H32N4O5/c1-14(2)20(28)25-15-6-7-18-16(12-15)17(13-24-18)19(21(29)30)26-8-10-27(11-9-26)22(31)32-23(3,4)5/h6-7,12-14,19,24H,8-11H2,1-5H3,(H,25,28)(H,29,30). The number of fused-ring (bicyclic) bond motifs is 1. The Kier molecular flexibility index (Phi) is 6.78. The van der Waals surface area contributed by atoms with Gasteiger partial charge in [-0.2, -0.15) is 0 Å². The highest BCUT2D eigenvalue weighted by atomic mass is 16.6. The summed E-state index contributed by atoms with van der Waals surface area (Å²) in [4.78, 5) is 43.3. The third-order valence-corrected chi connectivity index (χ3v) is 5.37. The molecule has 3 rings (SSSR count). The first-order valence-corrected chi connectivity index (χ1v) is 10.8. The van der Waals surface area contributed by atoms with Gasteiger partial charge in [-0.25, -0.2) is 4.79 Å². The van der Waals surface area contributed by atoms with Crippen molar-refractivity contribution in [3.63, 3.8) is 0 Å². The van der Waals surface area contributed by atoms with Crippen LogP contribution in [0.5, 0.6) is 0 Å². The van der Waals surface area contributed by atoms with Gasteiger partial charge in [0.2, 0.25) is 5.91 Å². The minimum absolute atomic E-state index is 0.102. The lowest BCUT2D eigenvalue weighted by Gasteiger charge is -2.38. The van der Waals surface area contributed by atoms with Crippen molar-refractivity contribution in [2.24, 2.45) is 5.92 Å². The lowest BCUT2D eigenvalue weighted by atomic mass is 10.0. The number of hydrogen-bond donors (Lipinski definition) is 3. The number of aromatic amines is 1. The van der Waals surface area contributed by atoms with Crippen molar-refractivity contribution < 1.29 is 24.2 Å². The zero-order chi connectivity index (χ0) is 23.6. The van der Waals surface area contributed by atoms with Gasteiger partial charge in [-0.15, -0.1) is 0 Å². The number of carboxylic acids is 1. The molecular formula is C23H32N4O5. The summed E-state index contributed by atoms with van der Waals surface area (Å²) in [5, 5.41) is 13.6. The molecule has 9 nitrogen and oxygen atoms in total. The number of hydrogen-bond acceptors (Lipinski definition) is 5. The van der Waals surface area contributed by atoms with E-state index in [-0.39, 0.29) is 17.9 Å². The number of H-pyrrole nitrogens is 1. The fourth-order valence-corrected chi connectivity index (χ4v) is 3.71. The second-order valence-electron chi connectivity index (χ2n) is 9.39. The number of benzene rings is 1. The van der Waals surface area contributed by atoms with Crippen molar-refractivity contribution in [3.05, 3.63) is 30.0 Å². The van der Waals surface area contributed by atoms with Gasteiger partial charge in [-0.05, 0) is 39.0 Å². The smallest absolute Gasteiger partial charge is 0.410 e. The SMILES string of the molecule is CC(C)C(=O)Nc1ccc2[nH]cc(C(C(=O)O)N3CCN(C(=O)OC(C)(C)C)CC3)c2c1. The molecule has 1 aromatic heterocycles. The lowest BCUT2D eigenvalue weighted by Crippen LogP contribution is -2.51. The average Bonchev–Trinajstić information content (AvgIpc) is 3.10. The first-order valence-electron chi connectivity index (χ1n) is 10.8. The Bertz CT molecular complexity index is 999. The molecule has 0 saturated carbocycles. The third kappa shape index (κ3) is 5.40. The van der Waals surface area contributed by atoms with Gasteiger partial charge in [0.05, 0.1) is 0 Å². The quantitative estimate of drug-likeness (QED) is 0.651. The molecule has 0 aliphatic carbocycles. The first kappa shape index (κ1) is 23.6. The van der Waals surface area contributed by atoms with Crippen molar-refractivity contribution >= 4 is 34.6 Å². The van der Waals surface area contributed by atoms with Gasteiger partial charge in [-0.1, -0.05) is 13.8 Å². The second-order valence-corrected chi connectivity index (χ2v) is 9.39. The molecule has 2 heterocycles. The van der Waals surface area contributed by atoms with Crippen LogP contribution in [-0.4, -0.2) is 69.6 Å². The van der Waals surface area contributed by atoms with Crippen molar-refractivity contribution in [1.29, 1.82) is 0 Å². The Labute approximate surface area is 187 Å². The molecule has 9 heteroatoms. The van der Waals surface area contributed by atoms with Crippen LogP contribution >= 0.6 is 0 Å². The van der Waals surface area contributed by atoms with E-state index in [1.807, 2.05) is 45.6 Å². The van der Waals surface area contributed by atoms with E-state index in [2.05, 4.69) is 10.3 Å². The number of anilines is 1. The number of amides is 2. The average molecular weight is 445 g/mol. The largest absolute Gasteiger partial charge is 0.480 e. The molecule has 0 bridgehead atoms. The van der Waals surface area contributed by atoms with Gasteiger partial charge in [0, 0.05) is 60.4 Å². The molecule has 1 unspecified atom stereocenters. The number of aliphatic carboxylic acids is 1. The summed E-state index contributed by atoms with van der Waals surface area (Å²) in [5.74, 6) is -1.23. The van der Waals surface area contributed by atoms with E-state index in [1.165, 1.54) is 0 Å². The minimum atomic E-state index is -0.965. The fourth-order valence-electron chi connectivity index (χ4n) is 3.71. The van der Waals surface area contributed by atoms with Crippen molar-refractivity contribution in [3.8, 4) is 0 Å². The Hall–Kier alpha value is -3.07. The molecule has 2 aromatic rings. The number of carbonyl (C=O) groups is 3. The molecule has 1 fully saturated rings. The van der Waals surface area contributed by atoms with Crippen molar-refractivity contribution in [2.75, 3.05) is 31.5 Å². The van der Waals surface area contributed by atoms with Crippen molar-refractivity contribution in [2.45, 2.75) is 46.3 Å². The second kappa shape index (κ2) is 9.20. The Balaban J connectivity index is 1.80. The Morgan fingerprint density at radius 2 is 1.78 bits per heavy atom. The molecule has 1 aliphatic rings. The summed E-state index contributed by atoms with van der Waals surface area (Å²) in [6.07, 6.45) is 1.32. The monoisotopic (exact) mass is 444 g/mol.